The number of aryl methyl sites for hydroxylation is 2. The second-order valence-electron chi connectivity index (χ2n) is 5.95. The third-order valence-corrected chi connectivity index (χ3v) is 5.34. The van der Waals surface area contributed by atoms with Gasteiger partial charge >= 0.3 is 0 Å². The van der Waals surface area contributed by atoms with Gasteiger partial charge in [0.05, 0.1) is 17.6 Å². The Morgan fingerprint density at radius 3 is 2.61 bits per heavy atom. The second kappa shape index (κ2) is 8.78. The van der Waals surface area contributed by atoms with Gasteiger partial charge in [-0.05, 0) is 31.9 Å². The van der Waals surface area contributed by atoms with Crippen molar-refractivity contribution in [2.75, 3.05) is 45.9 Å². The molecule has 5 nitrogen and oxygen atoms in total. The van der Waals surface area contributed by atoms with Gasteiger partial charge in [0.25, 0.3) is 5.91 Å². The molecule has 0 aromatic carbocycles. The predicted molar refractivity (Wildman–Crippen MR) is 93.3 cm³/mol. The zero-order chi connectivity index (χ0) is 16.8. The van der Waals surface area contributed by atoms with Gasteiger partial charge in [0.1, 0.15) is 0 Å². The molecule has 1 saturated heterocycles. The van der Waals surface area contributed by atoms with Crippen LogP contribution in [0.3, 0.4) is 0 Å². The third-order valence-electron chi connectivity index (χ3n) is 4.26. The first-order valence-electron chi connectivity index (χ1n) is 8.41. The number of thiophene rings is 1. The molecule has 0 aliphatic carbocycles. The quantitative estimate of drug-likeness (QED) is 0.822. The fraction of sp³-hybridized carbons (Fsp3) is 0.706. The van der Waals surface area contributed by atoms with E-state index in [1.54, 1.807) is 11.3 Å². The molecular formula is C17H28N2O3S. The Kier molecular flexibility index (Phi) is 7.02. The number of carbonyl (C=O) groups excluding carboxylic acids is 1. The average molecular weight is 340 g/mol. The van der Waals surface area contributed by atoms with Gasteiger partial charge < -0.3 is 14.7 Å². The van der Waals surface area contributed by atoms with Crippen molar-refractivity contribution in [3.8, 4) is 0 Å². The molecule has 1 fully saturated rings. The first kappa shape index (κ1) is 18.4. The highest BCUT2D eigenvalue weighted by molar-refractivity contribution is 7.14. The number of ether oxygens (including phenoxy) is 1. The Morgan fingerprint density at radius 2 is 2.04 bits per heavy atom. The van der Waals surface area contributed by atoms with Gasteiger partial charge in [-0.2, -0.15) is 0 Å². The van der Waals surface area contributed by atoms with Crippen molar-refractivity contribution < 1.29 is 14.6 Å². The van der Waals surface area contributed by atoms with Crippen molar-refractivity contribution in [2.24, 2.45) is 0 Å². The summed E-state index contributed by atoms with van der Waals surface area (Å²) in [4.78, 5) is 18.8. The van der Waals surface area contributed by atoms with E-state index in [-0.39, 0.29) is 5.91 Å². The summed E-state index contributed by atoms with van der Waals surface area (Å²) >= 11 is 1.60. The minimum Gasteiger partial charge on any atom is -0.389 e. The summed E-state index contributed by atoms with van der Waals surface area (Å²) in [6.45, 7) is 10.8. The molecule has 1 amide bonds. The second-order valence-corrected chi connectivity index (χ2v) is 7.21. The zero-order valence-electron chi connectivity index (χ0n) is 14.4. The molecule has 0 radical (unpaired) electrons. The number of aliphatic hydroxyl groups excluding tert-OH is 1. The van der Waals surface area contributed by atoms with E-state index in [4.69, 9.17) is 4.74 Å². The SMILES string of the molecule is CCOC[C@@H](O)CN1CCN(C(=O)c2cc(CC)c(C)s2)CC1. The highest BCUT2D eigenvalue weighted by Crippen LogP contribution is 2.23. The van der Waals surface area contributed by atoms with Crippen LogP contribution in [0.25, 0.3) is 0 Å². The maximum absolute atomic E-state index is 12.6. The summed E-state index contributed by atoms with van der Waals surface area (Å²) in [6.07, 6.45) is 0.519. The van der Waals surface area contributed by atoms with Crippen molar-refractivity contribution in [3.63, 3.8) is 0 Å². The highest BCUT2D eigenvalue weighted by atomic mass is 32.1. The standard InChI is InChI=1S/C17H28N2O3S/c1-4-14-10-16(23-13(14)3)17(21)19-8-6-18(7-9-19)11-15(20)12-22-5-2/h10,15,20H,4-9,11-12H2,1-3H3/t15-/m0/s1. The van der Waals surface area contributed by atoms with Gasteiger partial charge in [0.15, 0.2) is 0 Å². The Bertz CT molecular complexity index is 510. The van der Waals surface area contributed by atoms with Crippen LogP contribution in [0, 0.1) is 6.92 Å². The molecule has 2 rings (SSSR count). The van der Waals surface area contributed by atoms with E-state index < -0.39 is 6.10 Å². The Morgan fingerprint density at radius 1 is 1.35 bits per heavy atom. The third kappa shape index (κ3) is 5.01. The van der Waals surface area contributed by atoms with E-state index in [9.17, 15) is 9.90 Å². The van der Waals surface area contributed by atoms with Gasteiger partial charge in [-0.25, -0.2) is 0 Å². The number of nitrogens with zero attached hydrogens (tertiary/aromatic N) is 2. The van der Waals surface area contributed by atoms with Crippen molar-refractivity contribution in [1.29, 1.82) is 0 Å². The number of aliphatic hydroxyl groups is 1. The average Bonchev–Trinajstić information content (AvgIpc) is 2.94. The van der Waals surface area contributed by atoms with Crippen LogP contribution < -0.4 is 0 Å². The van der Waals surface area contributed by atoms with Crippen LogP contribution in [-0.2, 0) is 11.2 Å². The van der Waals surface area contributed by atoms with Crippen molar-refractivity contribution in [2.45, 2.75) is 33.3 Å². The molecule has 1 aromatic rings. The summed E-state index contributed by atoms with van der Waals surface area (Å²) in [6, 6.07) is 2.04. The van der Waals surface area contributed by atoms with Crippen LogP contribution in [0.1, 0.15) is 34.0 Å². The number of amides is 1. The fourth-order valence-electron chi connectivity index (χ4n) is 2.87. The monoisotopic (exact) mass is 340 g/mol. The van der Waals surface area contributed by atoms with E-state index >= 15 is 0 Å². The maximum atomic E-state index is 12.6. The maximum Gasteiger partial charge on any atom is 0.264 e. The Hall–Kier alpha value is -0.950. The van der Waals surface area contributed by atoms with Crippen LogP contribution in [0.4, 0.5) is 0 Å². The topological polar surface area (TPSA) is 53.0 Å². The number of rotatable bonds is 7. The Labute approximate surface area is 142 Å². The molecule has 1 atom stereocenters. The molecule has 23 heavy (non-hydrogen) atoms. The van der Waals surface area contributed by atoms with Crippen LogP contribution >= 0.6 is 11.3 Å². The summed E-state index contributed by atoms with van der Waals surface area (Å²) in [5, 5.41) is 9.90. The molecule has 1 aliphatic heterocycles. The lowest BCUT2D eigenvalue weighted by molar-refractivity contribution is 0.0112. The zero-order valence-corrected chi connectivity index (χ0v) is 15.2. The lowest BCUT2D eigenvalue weighted by atomic mass is 10.2. The van der Waals surface area contributed by atoms with Gasteiger partial charge in [-0.3, -0.25) is 9.69 Å². The molecule has 1 aliphatic rings. The summed E-state index contributed by atoms with van der Waals surface area (Å²) in [5.41, 5.74) is 1.27. The van der Waals surface area contributed by atoms with Crippen molar-refractivity contribution in [1.82, 2.24) is 9.80 Å². The van der Waals surface area contributed by atoms with E-state index in [1.165, 1.54) is 10.4 Å². The van der Waals surface area contributed by atoms with Crippen molar-refractivity contribution in [3.05, 3.63) is 21.4 Å². The predicted octanol–water partition coefficient (Wildman–Crippen LogP) is 1.77. The van der Waals surface area contributed by atoms with E-state index in [0.29, 0.717) is 19.8 Å². The first-order chi connectivity index (χ1) is 11.0. The van der Waals surface area contributed by atoms with Gasteiger partial charge in [-0.1, -0.05) is 6.92 Å². The summed E-state index contributed by atoms with van der Waals surface area (Å²) in [7, 11) is 0. The van der Waals surface area contributed by atoms with Gasteiger partial charge in [0.2, 0.25) is 0 Å². The van der Waals surface area contributed by atoms with E-state index in [0.717, 1.165) is 37.5 Å². The molecule has 1 aromatic heterocycles. The molecular weight excluding hydrogens is 312 g/mol. The fourth-order valence-corrected chi connectivity index (χ4v) is 3.95. The highest BCUT2D eigenvalue weighted by Gasteiger charge is 2.24. The lowest BCUT2D eigenvalue weighted by Crippen LogP contribution is -2.50. The minimum absolute atomic E-state index is 0.146. The number of carbonyl (C=O) groups is 1. The molecule has 0 bridgehead atoms. The normalized spacial score (nSPS) is 17.5. The van der Waals surface area contributed by atoms with Crippen molar-refractivity contribution >= 4 is 17.2 Å². The number of piperazine rings is 1. The number of hydrogen-bond acceptors (Lipinski definition) is 5. The summed E-state index contributed by atoms with van der Waals surface area (Å²) < 4.78 is 5.24. The minimum atomic E-state index is -0.454. The molecule has 0 unspecified atom stereocenters. The van der Waals surface area contributed by atoms with Crippen LogP contribution in [-0.4, -0.2) is 72.9 Å². The summed E-state index contributed by atoms with van der Waals surface area (Å²) in [5.74, 6) is 0.146. The molecule has 130 valence electrons. The Balaban J connectivity index is 1.82. The van der Waals surface area contributed by atoms with Crippen LogP contribution in [0.15, 0.2) is 6.07 Å². The lowest BCUT2D eigenvalue weighted by Gasteiger charge is -2.35. The molecule has 0 saturated carbocycles. The molecule has 0 spiro atoms. The van der Waals surface area contributed by atoms with Crippen LogP contribution in [0.5, 0.6) is 0 Å². The van der Waals surface area contributed by atoms with Crippen LogP contribution in [0.2, 0.25) is 0 Å². The molecule has 6 heteroatoms. The largest absolute Gasteiger partial charge is 0.389 e. The van der Waals surface area contributed by atoms with E-state index in [1.807, 2.05) is 17.9 Å². The molecule has 1 N–H and O–H groups in total. The van der Waals surface area contributed by atoms with Gasteiger partial charge in [-0.15, -0.1) is 11.3 Å². The van der Waals surface area contributed by atoms with Gasteiger partial charge in [0, 0.05) is 44.2 Å². The number of hydrogen-bond donors (Lipinski definition) is 1. The smallest absolute Gasteiger partial charge is 0.264 e. The molecule has 2 heterocycles. The van der Waals surface area contributed by atoms with E-state index in [2.05, 4.69) is 18.7 Å². The number of β-amino-alcohol motifs (C(OH)–C–C–N with tert-alkyl or cyclic N) is 1. The first-order valence-corrected chi connectivity index (χ1v) is 9.23.